The van der Waals surface area contributed by atoms with E-state index in [1.54, 1.807) is 0 Å². The molecule has 0 aromatic heterocycles. The molecule has 0 fully saturated rings. The zero-order valence-corrected chi connectivity index (χ0v) is 12.2. The third kappa shape index (κ3) is 9.06. The van der Waals surface area contributed by atoms with Crippen LogP contribution in [0.5, 0.6) is 0 Å². The molecule has 14 heavy (non-hydrogen) atoms. The molecule has 1 nitrogen and oxygen atoms in total. The van der Waals surface area contributed by atoms with Gasteiger partial charge in [-0.15, -0.1) is 0 Å². The molecule has 0 radical (unpaired) electrons. The lowest BCUT2D eigenvalue weighted by atomic mass is 10.2. The maximum Gasteiger partial charge on any atom is 0.461 e. The smallest absolute Gasteiger partial charge is 0.461 e. The van der Waals surface area contributed by atoms with Crippen molar-refractivity contribution in [1.82, 2.24) is 0 Å². The number of hydrogen-bond donors (Lipinski definition) is 0. The molecule has 0 bridgehead atoms. The van der Waals surface area contributed by atoms with Crippen molar-refractivity contribution in [2.45, 2.75) is 64.6 Å². The van der Waals surface area contributed by atoms with Crippen LogP contribution >= 0.6 is 0 Å². The fourth-order valence-corrected chi connectivity index (χ4v) is 5.23. The van der Waals surface area contributed by atoms with E-state index < -0.39 is 14.5 Å². The summed E-state index contributed by atoms with van der Waals surface area (Å²) in [5.41, 5.74) is 0.0562. The van der Waals surface area contributed by atoms with Crippen molar-refractivity contribution >= 4 is 14.5 Å². The fourth-order valence-electron chi connectivity index (χ4n) is 1.74. The van der Waals surface area contributed by atoms with Gasteiger partial charge in [0.2, 0.25) is 0 Å². The lowest BCUT2D eigenvalue weighted by Crippen LogP contribution is -2.32. The average Bonchev–Trinajstić information content (AvgIpc) is 1.77. The van der Waals surface area contributed by atoms with E-state index >= 15 is 0 Å². The molecule has 0 atom stereocenters. The third-order valence-corrected chi connectivity index (χ3v) is 5.97. The molecule has 0 aliphatic rings. The second-order valence-corrected chi connectivity index (χ2v) is 8.53. The van der Waals surface area contributed by atoms with Crippen LogP contribution in [-0.4, -0.2) is 20.1 Å². The fraction of sp³-hybridized carbons (Fsp3) is 1.00. The van der Waals surface area contributed by atoms with Gasteiger partial charge in [-0.05, 0) is 20.8 Å². The first-order chi connectivity index (χ1) is 6.20. The van der Waals surface area contributed by atoms with Crippen LogP contribution in [0.3, 0.4) is 0 Å². The molecule has 0 saturated heterocycles. The molecule has 0 saturated carbocycles. The summed E-state index contributed by atoms with van der Waals surface area (Å²) in [6.45, 7) is 15.7. The Kier molecular flexibility index (Phi) is 6.37. The quantitative estimate of drug-likeness (QED) is 0.621. The lowest BCUT2D eigenvalue weighted by molar-refractivity contribution is 0.125. The van der Waals surface area contributed by atoms with Gasteiger partial charge < -0.3 is 3.79 Å². The molecule has 0 aliphatic heterocycles. The molecule has 0 N–H and O–H groups in total. The first-order valence-electron chi connectivity index (χ1n) is 5.88. The summed E-state index contributed by atoms with van der Waals surface area (Å²) in [5.74, 6) is 1.57. The molecule has 0 aliphatic carbocycles. The highest BCUT2D eigenvalue weighted by molar-refractivity contribution is 6.52. The predicted molar refractivity (Wildman–Crippen MR) is 68.0 cm³/mol. The topological polar surface area (TPSA) is 9.23 Å². The van der Waals surface area contributed by atoms with E-state index in [-0.39, 0.29) is 7.03 Å². The maximum absolute atomic E-state index is 6.20. The van der Waals surface area contributed by atoms with Gasteiger partial charge in [-0.25, -0.2) is 0 Å². The molecular weight excluding hydrogens is 187 g/mol. The van der Waals surface area contributed by atoms with Crippen LogP contribution in [0.25, 0.3) is 0 Å². The van der Waals surface area contributed by atoms with Gasteiger partial charge in [0.25, 0.3) is 0 Å². The van der Waals surface area contributed by atoms with Gasteiger partial charge in [0.05, 0.1) is 0 Å². The van der Waals surface area contributed by atoms with Crippen molar-refractivity contribution in [3.8, 4) is 0 Å². The molecule has 0 aromatic rings. The van der Waals surface area contributed by atoms with Gasteiger partial charge in [-0.2, -0.15) is 0 Å². The standard InChI is InChI=1S/C4H9O.2C4H9.Al.H2/c1-4(2,3)5;2*1-4(2)3;;/h1-3H3;2*4H,1H2,2-3H3;;1H/q-1;;;+1;. The van der Waals surface area contributed by atoms with Crippen LogP contribution in [0.2, 0.25) is 10.6 Å². The highest BCUT2D eigenvalue weighted by Crippen LogP contribution is 2.20. The molecular formula is C12H29AlO. The largest absolute Gasteiger partial charge is 0.496 e. The van der Waals surface area contributed by atoms with Gasteiger partial charge in [0.15, 0.2) is 0 Å². The zero-order valence-electron chi connectivity index (χ0n) is 11.1. The molecule has 0 heterocycles. The van der Waals surface area contributed by atoms with E-state index in [0.717, 1.165) is 11.8 Å². The summed E-state index contributed by atoms with van der Waals surface area (Å²) in [5, 5.41) is 2.63. The summed E-state index contributed by atoms with van der Waals surface area (Å²) in [4.78, 5) is 0. The highest BCUT2D eigenvalue weighted by atomic mass is 27.2. The number of hydrogen-bond acceptors (Lipinski definition) is 1. The van der Waals surface area contributed by atoms with E-state index in [1.807, 2.05) is 0 Å². The van der Waals surface area contributed by atoms with Gasteiger partial charge in [0.1, 0.15) is 0 Å². The van der Waals surface area contributed by atoms with Crippen molar-refractivity contribution in [3.05, 3.63) is 0 Å². The predicted octanol–water partition coefficient (Wildman–Crippen LogP) is 4.35. The Bertz CT molecular complexity index is 142. The highest BCUT2D eigenvalue weighted by Gasteiger charge is 2.27. The van der Waals surface area contributed by atoms with Crippen LogP contribution in [-0.2, 0) is 3.79 Å². The normalized spacial score (nSPS) is 12.6. The minimum atomic E-state index is -0.975. The maximum atomic E-state index is 6.20. The van der Waals surface area contributed by atoms with E-state index in [4.69, 9.17) is 3.79 Å². The Labute approximate surface area is 96.4 Å². The van der Waals surface area contributed by atoms with Crippen molar-refractivity contribution in [2.75, 3.05) is 0 Å². The van der Waals surface area contributed by atoms with E-state index in [1.165, 1.54) is 10.6 Å². The summed E-state index contributed by atoms with van der Waals surface area (Å²) in [7, 11) is 0. The van der Waals surface area contributed by atoms with E-state index in [9.17, 15) is 0 Å². The van der Waals surface area contributed by atoms with Crippen molar-refractivity contribution in [3.63, 3.8) is 0 Å². The van der Waals surface area contributed by atoms with Gasteiger partial charge in [0, 0.05) is 7.03 Å². The van der Waals surface area contributed by atoms with Crippen molar-refractivity contribution in [2.24, 2.45) is 11.8 Å². The SMILES string of the molecule is CC(C)[CH2][Al]([CH2]C(C)C)[O]C(C)(C)C.[HH]. The van der Waals surface area contributed by atoms with Crippen LogP contribution in [0.4, 0.5) is 0 Å². The Balaban J connectivity index is 0. The van der Waals surface area contributed by atoms with Crippen molar-refractivity contribution in [1.29, 1.82) is 0 Å². The molecule has 0 rings (SSSR count). The first-order valence-corrected chi connectivity index (χ1v) is 7.99. The molecule has 0 spiro atoms. The van der Waals surface area contributed by atoms with E-state index in [2.05, 4.69) is 48.5 Å². The summed E-state index contributed by atoms with van der Waals surface area (Å²) in [6, 6.07) is 0. The van der Waals surface area contributed by atoms with Crippen LogP contribution in [0, 0.1) is 11.8 Å². The van der Waals surface area contributed by atoms with Gasteiger partial charge in [-0.3, -0.25) is 0 Å². The average molecular weight is 216 g/mol. The zero-order chi connectivity index (χ0) is 11.4. The minimum Gasteiger partial charge on any atom is -0.496 e. The van der Waals surface area contributed by atoms with Gasteiger partial charge in [-0.1, -0.05) is 50.1 Å². The monoisotopic (exact) mass is 216 g/mol. The Hall–Kier alpha value is 0.492. The molecule has 0 aromatic carbocycles. The first kappa shape index (κ1) is 14.5. The molecule has 2 heteroatoms. The van der Waals surface area contributed by atoms with E-state index in [0.29, 0.717) is 0 Å². The second kappa shape index (κ2) is 6.16. The summed E-state index contributed by atoms with van der Waals surface area (Å²) in [6.07, 6.45) is 0. The minimum absolute atomic E-state index is 0. The van der Waals surface area contributed by atoms with Crippen LogP contribution < -0.4 is 0 Å². The Morgan fingerprint density at radius 3 is 1.57 bits per heavy atom. The Morgan fingerprint density at radius 1 is 1.00 bits per heavy atom. The third-order valence-electron chi connectivity index (χ3n) is 1.99. The van der Waals surface area contributed by atoms with Gasteiger partial charge >= 0.3 is 14.5 Å². The molecule has 86 valence electrons. The lowest BCUT2D eigenvalue weighted by Gasteiger charge is -2.27. The summed E-state index contributed by atoms with van der Waals surface area (Å²) < 4.78 is 6.20. The second-order valence-electron chi connectivity index (χ2n) is 6.11. The van der Waals surface area contributed by atoms with Crippen LogP contribution in [0.1, 0.15) is 49.9 Å². The van der Waals surface area contributed by atoms with Crippen molar-refractivity contribution < 1.29 is 5.22 Å². The molecule has 0 unspecified atom stereocenters. The number of rotatable bonds is 5. The van der Waals surface area contributed by atoms with Crippen LogP contribution in [0.15, 0.2) is 0 Å². The molecule has 0 amide bonds. The Morgan fingerprint density at radius 2 is 1.36 bits per heavy atom. The summed E-state index contributed by atoms with van der Waals surface area (Å²) >= 11 is -0.975.